The minimum atomic E-state index is -0.303. The first-order valence-electron chi connectivity index (χ1n) is 7.69. The number of pyridine rings is 1. The molecule has 2 aromatic heterocycles. The molecule has 1 saturated heterocycles. The van der Waals surface area contributed by atoms with E-state index in [-0.39, 0.29) is 5.82 Å². The molecule has 0 amide bonds. The molecule has 23 heavy (non-hydrogen) atoms. The fourth-order valence-corrected chi connectivity index (χ4v) is 2.84. The molecule has 0 aliphatic carbocycles. The predicted octanol–water partition coefficient (Wildman–Crippen LogP) is 2.37. The zero-order chi connectivity index (χ0) is 15.6. The third kappa shape index (κ3) is 2.95. The van der Waals surface area contributed by atoms with Crippen molar-refractivity contribution in [3.05, 3.63) is 54.0 Å². The second-order valence-corrected chi connectivity index (χ2v) is 5.68. The lowest BCUT2D eigenvalue weighted by Gasteiger charge is -2.26. The molecule has 1 aliphatic heterocycles. The van der Waals surface area contributed by atoms with Crippen molar-refractivity contribution in [3.8, 4) is 11.4 Å². The second-order valence-electron chi connectivity index (χ2n) is 5.68. The molecule has 1 aliphatic rings. The van der Waals surface area contributed by atoms with Crippen LogP contribution in [0.15, 0.2) is 42.6 Å². The number of morpholine rings is 1. The van der Waals surface area contributed by atoms with Crippen LogP contribution in [-0.4, -0.2) is 45.8 Å². The molecule has 6 heteroatoms. The van der Waals surface area contributed by atoms with Gasteiger partial charge in [0.1, 0.15) is 5.82 Å². The maximum Gasteiger partial charge on any atom is 0.168 e. The van der Waals surface area contributed by atoms with Crippen LogP contribution < -0.4 is 0 Å². The molecule has 1 aromatic carbocycles. The van der Waals surface area contributed by atoms with Gasteiger partial charge in [-0.25, -0.2) is 4.39 Å². The van der Waals surface area contributed by atoms with E-state index in [1.54, 1.807) is 10.5 Å². The van der Waals surface area contributed by atoms with Gasteiger partial charge >= 0.3 is 0 Å². The normalized spacial score (nSPS) is 16.0. The Bertz CT molecular complexity index is 809. The van der Waals surface area contributed by atoms with Crippen LogP contribution in [0.3, 0.4) is 0 Å². The Balaban J connectivity index is 1.58. The molecular formula is C17H17FN4O. The first-order valence-corrected chi connectivity index (χ1v) is 7.69. The van der Waals surface area contributed by atoms with Crippen LogP contribution >= 0.6 is 0 Å². The molecule has 3 aromatic rings. The number of benzene rings is 1. The van der Waals surface area contributed by atoms with E-state index in [0.717, 1.165) is 38.4 Å². The van der Waals surface area contributed by atoms with Gasteiger partial charge in [-0.05, 0) is 17.7 Å². The maximum atomic E-state index is 13.4. The number of hydrogen-bond acceptors (Lipinski definition) is 4. The summed E-state index contributed by atoms with van der Waals surface area (Å²) in [6.07, 6.45) is 1.41. The van der Waals surface area contributed by atoms with Crippen molar-refractivity contribution >= 4 is 5.65 Å². The van der Waals surface area contributed by atoms with E-state index in [4.69, 9.17) is 4.74 Å². The van der Waals surface area contributed by atoms with Gasteiger partial charge in [0.25, 0.3) is 0 Å². The summed E-state index contributed by atoms with van der Waals surface area (Å²) in [6, 6.07) is 11.2. The molecular weight excluding hydrogens is 295 g/mol. The molecule has 118 valence electrons. The van der Waals surface area contributed by atoms with Gasteiger partial charge in [-0.3, -0.25) is 9.30 Å². The zero-order valence-corrected chi connectivity index (χ0v) is 12.7. The molecule has 1 fully saturated rings. The minimum Gasteiger partial charge on any atom is -0.379 e. The summed E-state index contributed by atoms with van der Waals surface area (Å²) in [6.45, 7) is 4.45. The average molecular weight is 312 g/mol. The highest BCUT2D eigenvalue weighted by molar-refractivity contribution is 5.59. The van der Waals surface area contributed by atoms with Crippen LogP contribution in [0, 0.1) is 5.82 Å². The summed E-state index contributed by atoms with van der Waals surface area (Å²) in [5, 5.41) is 8.25. The van der Waals surface area contributed by atoms with Crippen LogP contribution in [0.25, 0.3) is 17.0 Å². The van der Waals surface area contributed by atoms with E-state index in [9.17, 15) is 4.39 Å². The smallest absolute Gasteiger partial charge is 0.168 e. The predicted molar refractivity (Wildman–Crippen MR) is 84.5 cm³/mol. The maximum absolute atomic E-state index is 13.4. The molecule has 0 spiro atoms. The quantitative estimate of drug-likeness (QED) is 0.745. The molecule has 3 heterocycles. The van der Waals surface area contributed by atoms with Gasteiger partial charge in [-0.2, -0.15) is 0 Å². The van der Waals surface area contributed by atoms with Crippen molar-refractivity contribution in [1.29, 1.82) is 0 Å². The molecule has 0 N–H and O–H groups in total. The monoisotopic (exact) mass is 312 g/mol. The highest BCUT2D eigenvalue weighted by Gasteiger charge is 2.12. The number of hydrogen-bond donors (Lipinski definition) is 0. The molecule has 0 bridgehead atoms. The third-order valence-electron chi connectivity index (χ3n) is 4.09. The van der Waals surface area contributed by atoms with Crippen LogP contribution in [0.1, 0.15) is 5.56 Å². The van der Waals surface area contributed by atoms with Gasteiger partial charge < -0.3 is 4.74 Å². The molecule has 4 rings (SSSR count). The van der Waals surface area contributed by atoms with Crippen molar-refractivity contribution in [3.63, 3.8) is 0 Å². The molecule has 0 saturated carbocycles. The van der Waals surface area contributed by atoms with Gasteiger partial charge in [-0.1, -0.05) is 24.3 Å². The summed E-state index contributed by atoms with van der Waals surface area (Å²) in [4.78, 5) is 2.38. The van der Waals surface area contributed by atoms with E-state index in [1.165, 1.54) is 17.8 Å². The lowest BCUT2D eigenvalue weighted by Crippen LogP contribution is -2.35. The summed E-state index contributed by atoms with van der Waals surface area (Å²) in [5.41, 5.74) is 2.81. The van der Waals surface area contributed by atoms with E-state index >= 15 is 0 Å². The zero-order valence-electron chi connectivity index (χ0n) is 12.7. The average Bonchev–Trinajstić information content (AvgIpc) is 2.99. The molecule has 0 unspecified atom stereocenters. The van der Waals surface area contributed by atoms with Gasteiger partial charge in [0.2, 0.25) is 0 Å². The largest absolute Gasteiger partial charge is 0.379 e. The fourth-order valence-electron chi connectivity index (χ4n) is 2.84. The van der Waals surface area contributed by atoms with E-state index in [1.807, 2.05) is 12.1 Å². The van der Waals surface area contributed by atoms with Crippen LogP contribution in [0.2, 0.25) is 0 Å². The summed E-state index contributed by atoms with van der Waals surface area (Å²) in [7, 11) is 0. The van der Waals surface area contributed by atoms with Gasteiger partial charge in [0, 0.05) is 31.4 Å². The topological polar surface area (TPSA) is 42.7 Å². The van der Waals surface area contributed by atoms with Gasteiger partial charge in [0.15, 0.2) is 11.5 Å². The summed E-state index contributed by atoms with van der Waals surface area (Å²) >= 11 is 0. The Morgan fingerprint density at radius 3 is 2.57 bits per heavy atom. The number of aromatic nitrogens is 3. The minimum absolute atomic E-state index is 0.303. The van der Waals surface area contributed by atoms with Crippen molar-refractivity contribution in [1.82, 2.24) is 19.5 Å². The molecule has 0 atom stereocenters. The number of ether oxygens (including phenoxy) is 1. The van der Waals surface area contributed by atoms with Gasteiger partial charge in [-0.15, -0.1) is 10.2 Å². The second kappa shape index (κ2) is 6.06. The van der Waals surface area contributed by atoms with E-state index in [0.29, 0.717) is 11.5 Å². The Labute approximate surface area is 133 Å². The highest BCUT2D eigenvalue weighted by atomic mass is 19.1. The Hall–Kier alpha value is -2.31. The fraction of sp³-hybridized carbons (Fsp3) is 0.294. The summed E-state index contributed by atoms with van der Waals surface area (Å²) in [5.74, 6) is 0.347. The lowest BCUT2D eigenvalue weighted by molar-refractivity contribution is 0.0342. The highest BCUT2D eigenvalue weighted by Crippen LogP contribution is 2.20. The van der Waals surface area contributed by atoms with Crippen molar-refractivity contribution in [2.75, 3.05) is 26.3 Å². The van der Waals surface area contributed by atoms with Crippen molar-refractivity contribution in [2.45, 2.75) is 6.54 Å². The third-order valence-corrected chi connectivity index (χ3v) is 4.09. The first kappa shape index (κ1) is 14.3. The summed E-state index contributed by atoms with van der Waals surface area (Å²) < 4.78 is 20.5. The number of fused-ring (bicyclic) bond motifs is 1. The lowest BCUT2D eigenvalue weighted by atomic mass is 10.1. The van der Waals surface area contributed by atoms with Gasteiger partial charge in [0.05, 0.1) is 13.2 Å². The SMILES string of the molecule is Fc1ccc2nnc(-c3ccc(CN4CCOCC4)cc3)n2c1. The van der Waals surface area contributed by atoms with Crippen molar-refractivity contribution < 1.29 is 9.13 Å². The molecule has 5 nitrogen and oxygen atoms in total. The Kier molecular flexibility index (Phi) is 3.77. The van der Waals surface area contributed by atoms with Crippen LogP contribution in [0.4, 0.5) is 4.39 Å². The van der Waals surface area contributed by atoms with Crippen LogP contribution in [-0.2, 0) is 11.3 Å². The number of rotatable bonds is 3. The Morgan fingerprint density at radius 1 is 1.00 bits per heavy atom. The van der Waals surface area contributed by atoms with Crippen LogP contribution in [0.5, 0.6) is 0 Å². The standard InChI is InChI=1S/C17H17FN4O/c18-15-5-6-16-19-20-17(22(16)12-15)14-3-1-13(2-4-14)11-21-7-9-23-10-8-21/h1-6,12H,7-11H2. The molecule has 0 radical (unpaired) electrons. The van der Waals surface area contributed by atoms with E-state index in [2.05, 4.69) is 27.2 Å². The number of halogens is 1. The number of nitrogens with zero attached hydrogens (tertiary/aromatic N) is 4. The Morgan fingerprint density at radius 2 is 1.78 bits per heavy atom. The van der Waals surface area contributed by atoms with E-state index < -0.39 is 0 Å². The van der Waals surface area contributed by atoms with Crippen molar-refractivity contribution in [2.24, 2.45) is 0 Å². The first-order chi connectivity index (χ1) is 11.3.